The summed E-state index contributed by atoms with van der Waals surface area (Å²) in [6, 6.07) is 8.11. The predicted octanol–water partition coefficient (Wildman–Crippen LogP) is 5.84. The van der Waals surface area contributed by atoms with E-state index in [1.54, 1.807) is 0 Å². The number of aryl methyl sites for hydroxylation is 2. The Kier molecular flexibility index (Phi) is 13.0. The highest BCUT2D eigenvalue weighted by molar-refractivity contribution is 5.57. The standard InChI is InChI=1S/C34H54O6/c1-23(2)30(26-19-24(11-7-15-35)21-28(31(26)39)33(3,4)13-9-17-37)27-20-25(12-8-16-36)22-29(32(27)40)34(5,6)14-10-18-38/h19-23,30,35-40H,7-18H2,1-6H3. The molecule has 0 radical (unpaired) electrons. The van der Waals surface area contributed by atoms with E-state index in [0.717, 1.165) is 33.4 Å². The largest absolute Gasteiger partial charge is 0.507 e. The molecular weight excluding hydrogens is 504 g/mol. The van der Waals surface area contributed by atoms with E-state index in [-0.39, 0.29) is 60.6 Å². The van der Waals surface area contributed by atoms with E-state index in [1.165, 1.54) is 0 Å². The van der Waals surface area contributed by atoms with Crippen LogP contribution in [0.5, 0.6) is 11.5 Å². The van der Waals surface area contributed by atoms with Gasteiger partial charge in [-0.1, -0.05) is 65.8 Å². The van der Waals surface area contributed by atoms with Gasteiger partial charge in [-0.05, 0) is 79.2 Å². The monoisotopic (exact) mass is 558 g/mol. The first-order valence-electron chi connectivity index (χ1n) is 15.0. The minimum Gasteiger partial charge on any atom is -0.507 e. The van der Waals surface area contributed by atoms with E-state index in [0.29, 0.717) is 51.4 Å². The molecule has 0 fully saturated rings. The highest BCUT2D eigenvalue weighted by Gasteiger charge is 2.33. The molecule has 6 heteroatoms. The highest BCUT2D eigenvalue weighted by Crippen LogP contribution is 2.48. The molecule has 0 saturated carbocycles. The van der Waals surface area contributed by atoms with Crippen molar-refractivity contribution >= 4 is 0 Å². The number of phenols is 2. The van der Waals surface area contributed by atoms with Crippen LogP contribution in [-0.4, -0.2) is 57.1 Å². The molecule has 0 aliphatic rings. The molecule has 2 rings (SSSR count). The Hall–Kier alpha value is -2.12. The van der Waals surface area contributed by atoms with Crippen LogP contribution in [0.15, 0.2) is 24.3 Å². The smallest absolute Gasteiger partial charge is 0.123 e. The van der Waals surface area contributed by atoms with Gasteiger partial charge in [-0.25, -0.2) is 0 Å². The first-order valence-corrected chi connectivity index (χ1v) is 15.0. The molecule has 0 spiro atoms. The van der Waals surface area contributed by atoms with Crippen molar-refractivity contribution in [2.45, 2.75) is 110 Å². The van der Waals surface area contributed by atoms with Crippen LogP contribution in [-0.2, 0) is 23.7 Å². The number of rotatable bonds is 17. The van der Waals surface area contributed by atoms with Crippen LogP contribution in [0.3, 0.4) is 0 Å². The van der Waals surface area contributed by atoms with Gasteiger partial charge >= 0.3 is 0 Å². The lowest BCUT2D eigenvalue weighted by atomic mass is 9.72. The zero-order valence-electron chi connectivity index (χ0n) is 25.6. The van der Waals surface area contributed by atoms with E-state index in [4.69, 9.17) is 0 Å². The molecule has 0 aromatic heterocycles. The maximum Gasteiger partial charge on any atom is 0.123 e. The van der Waals surface area contributed by atoms with E-state index >= 15 is 0 Å². The molecule has 40 heavy (non-hydrogen) atoms. The van der Waals surface area contributed by atoms with E-state index in [9.17, 15) is 30.6 Å². The molecule has 0 saturated heterocycles. The molecule has 0 amide bonds. The summed E-state index contributed by atoms with van der Waals surface area (Å²) in [6.45, 7) is 12.8. The minimum absolute atomic E-state index is 0.0415. The maximum absolute atomic E-state index is 11.8. The number of phenolic OH excluding ortho intramolecular Hbond substituents is 2. The van der Waals surface area contributed by atoms with Gasteiger partial charge in [0.1, 0.15) is 11.5 Å². The summed E-state index contributed by atoms with van der Waals surface area (Å²) in [6.07, 6.45) is 5.21. The van der Waals surface area contributed by atoms with E-state index in [1.807, 2.05) is 24.3 Å². The molecule has 0 unspecified atom stereocenters. The van der Waals surface area contributed by atoms with Crippen LogP contribution in [0, 0.1) is 5.92 Å². The van der Waals surface area contributed by atoms with Crippen molar-refractivity contribution < 1.29 is 30.6 Å². The van der Waals surface area contributed by atoms with Crippen LogP contribution in [0.25, 0.3) is 0 Å². The first kappa shape index (κ1) is 34.1. The summed E-state index contributed by atoms with van der Waals surface area (Å²) in [7, 11) is 0. The van der Waals surface area contributed by atoms with Crippen LogP contribution in [0.4, 0.5) is 0 Å². The number of hydrogen-bond acceptors (Lipinski definition) is 6. The zero-order valence-corrected chi connectivity index (χ0v) is 25.6. The molecule has 2 aromatic rings. The Balaban J connectivity index is 2.86. The molecule has 0 heterocycles. The van der Waals surface area contributed by atoms with Gasteiger partial charge < -0.3 is 30.6 Å². The normalized spacial score (nSPS) is 12.6. The first-order chi connectivity index (χ1) is 18.8. The van der Waals surface area contributed by atoms with Gasteiger partial charge in [-0.2, -0.15) is 0 Å². The van der Waals surface area contributed by atoms with Gasteiger partial charge in [-0.3, -0.25) is 0 Å². The number of benzene rings is 2. The molecule has 0 aliphatic carbocycles. The van der Waals surface area contributed by atoms with Gasteiger partial charge in [-0.15, -0.1) is 0 Å². The van der Waals surface area contributed by atoms with Crippen LogP contribution in [0.1, 0.15) is 119 Å². The van der Waals surface area contributed by atoms with E-state index in [2.05, 4.69) is 41.5 Å². The summed E-state index contributed by atoms with van der Waals surface area (Å²) in [5.41, 5.74) is 4.42. The Bertz CT molecular complexity index is 991. The quantitative estimate of drug-likeness (QED) is 0.145. The molecule has 226 valence electrons. The fraction of sp³-hybridized carbons (Fsp3) is 0.647. The summed E-state index contributed by atoms with van der Waals surface area (Å²) < 4.78 is 0. The van der Waals surface area contributed by atoms with Crippen LogP contribution >= 0.6 is 0 Å². The second-order valence-corrected chi connectivity index (χ2v) is 13.0. The fourth-order valence-corrected chi connectivity index (χ4v) is 6.00. The second kappa shape index (κ2) is 15.2. The second-order valence-electron chi connectivity index (χ2n) is 13.0. The minimum atomic E-state index is -0.388. The van der Waals surface area contributed by atoms with Gasteiger partial charge in [0.05, 0.1) is 0 Å². The average molecular weight is 559 g/mol. The van der Waals surface area contributed by atoms with Gasteiger partial charge in [0, 0.05) is 54.6 Å². The van der Waals surface area contributed by atoms with Crippen molar-refractivity contribution in [3.05, 3.63) is 57.6 Å². The van der Waals surface area contributed by atoms with Gasteiger partial charge in [0.15, 0.2) is 0 Å². The zero-order chi connectivity index (χ0) is 30.1. The number of aliphatic hydroxyl groups is 4. The van der Waals surface area contributed by atoms with Crippen molar-refractivity contribution in [2.75, 3.05) is 26.4 Å². The lowest BCUT2D eigenvalue weighted by Crippen LogP contribution is -2.21. The molecule has 6 nitrogen and oxygen atoms in total. The maximum atomic E-state index is 11.8. The Morgan fingerprint density at radius 2 is 0.925 bits per heavy atom. The summed E-state index contributed by atoms with van der Waals surface area (Å²) in [5.74, 6) is 0.175. The lowest BCUT2D eigenvalue weighted by Gasteiger charge is -2.33. The number of aromatic hydroxyl groups is 2. The molecule has 2 aromatic carbocycles. The SMILES string of the molecule is CC(C)C(c1cc(CCCO)cc(C(C)(C)CCCO)c1O)c1cc(CCCO)cc(C(C)(C)CCCO)c1O. The Labute approximate surface area is 241 Å². The Morgan fingerprint density at radius 1 is 0.575 bits per heavy atom. The van der Waals surface area contributed by atoms with Gasteiger partial charge in [0.2, 0.25) is 0 Å². The molecule has 0 bridgehead atoms. The predicted molar refractivity (Wildman–Crippen MR) is 162 cm³/mol. The van der Waals surface area contributed by atoms with Crippen LogP contribution in [0.2, 0.25) is 0 Å². The fourth-order valence-electron chi connectivity index (χ4n) is 6.00. The highest BCUT2D eigenvalue weighted by atomic mass is 16.3. The third kappa shape index (κ3) is 8.45. The number of aliphatic hydroxyl groups excluding tert-OH is 4. The summed E-state index contributed by atoms with van der Waals surface area (Å²) in [4.78, 5) is 0. The molecule has 0 aliphatic heterocycles. The third-order valence-corrected chi connectivity index (χ3v) is 8.36. The van der Waals surface area contributed by atoms with Crippen molar-refractivity contribution in [1.29, 1.82) is 0 Å². The van der Waals surface area contributed by atoms with Crippen molar-refractivity contribution in [3.8, 4) is 11.5 Å². The molecule has 6 N–H and O–H groups in total. The van der Waals surface area contributed by atoms with E-state index < -0.39 is 0 Å². The van der Waals surface area contributed by atoms with Crippen molar-refractivity contribution in [1.82, 2.24) is 0 Å². The molecule has 0 atom stereocenters. The van der Waals surface area contributed by atoms with Crippen molar-refractivity contribution in [3.63, 3.8) is 0 Å². The summed E-state index contributed by atoms with van der Waals surface area (Å²) in [5, 5.41) is 61.8. The third-order valence-electron chi connectivity index (χ3n) is 8.36. The van der Waals surface area contributed by atoms with Gasteiger partial charge in [0.25, 0.3) is 0 Å². The summed E-state index contributed by atoms with van der Waals surface area (Å²) >= 11 is 0. The van der Waals surface area contributed by atoms with Crippen LogP contribution < -0.4 is 0 Å². The van der Waals surface area contributed by atoms with Crippen molar-refractivity contribution in [2.24, 2.45) is 5.92 Å². The topological polar surface area (TPSA) is 121 Å². The lowest BCUT2D eigenvalue weighted by molar-refractivity contribution is 0.266. The average Bonchev–Trinajstić information content (AvgIpc) is 2.90. The Morgan fingerprint density at radius 3 is 1.23 bits per heavy atom. The number of hydrogen-bond donors (Lipinski definition) is 6. The molecular formula is C34H54O6.